The fraction of sp³-hybridized carbons (Fsp3) is 0.235. The predicted molar refractivity (Wildman–Crippen MR) is 97.4 cm³/mol. The highest BCUT2D eigenvalue weighted by atomic mass is 35.5. The van der Waals surface area contributed by atoms with Crippen LogP contribution in [-0.4, -0.2) is 18.3 Å². The van der Waals surface area contributed by atoms with E-state index in [9.17, 15) is 4.79 Å². The molecule has 2 aromatic carbocycles. The highest BCUT2D eigenvalue weighted by molar-refractivity contribution is 8.00. The molecule has 2 rings (SSSR count). The van der Waals surface area contributed by atoms with Crippen LogP contribution in [0.5, 0.6) is 5.75 Å². The van der Waals surface area contributed by atoms with Crippen LogP contribution in [0.1, 0.15) is 13.3 Å². The van der Waals surface area contributed by atoms with Crippen molar-refractivity contribution in [3.05, 3.63) is 47.5 Å². The van der Waals surface area contributed by atoms with Gasteiger partial charge in [-0.15, -0.1) is 11.8 Å². The minimum absolute atomic E-state index is 0.0968. The summed E-state index contributed by atoms with van der Waals surface area (Å²) in [5.74, 6) is 0.479. The van der Waals surface area contributed by atoms with Crippen molar-refractivity contribution in [2.75, 3.05) is 18.2 Å². The summed E-state index contributed by atoms with van der Waals surface area (Å²) >= 11 is 7.47. The molecule has 1 unspecified atom stereocenters. The average Bonchev–Trinajstić information content (AvgIpc) is 2.53. The number of nitrogens with two attached hydrogens (primary N) is 1. The second-order valence-corrected chi connectivity index (χ2v) is 6.63. The lowest BCUT2D eigenvalue weighted by Crippen LogP contribution is -2.24. The first kappa shape index (κ1) is 17.5. The fourth-order valence-corrected chi connectivity index (χ4v) is 3.26. The number of nitrogens with one attached hydrogen (secondary N) is 1. The number of methoxy groups -OCH3 is 1. The van der Waals surface area contributed by atoms with E-state index in [0.29, 0.717) is 28.6 Å². The molecule has 0 aliphatic carbocycles. The lowest BCUT2D eigenvalue weighted by molar-refractivity contribution is -0.115. The van der Waals surface area contributed by atoms with Crippen molar-refractivity contribution >= 4 is 40.6 Å². The van der Waals surface area contributed by atoms with Gasteiger partial charge in [-0.05, 0) is 42.8 Å². The van der Waals surface area contributed by atoms with Crippen molar-refractivity contribution in [3.63, 3.8) is 0 Å². The molecular formula is C17H19ClN2O2S. The summed E-state index contributed by atoms with van der Waals surface area (Å²) in [6, 6.07) is 12.6. The van der Waals surface area contributed by atoms with Crippen LogP contribution in [0.3, 0.4) is 0 Å². The second-order valence-electron chi connectivity index (χ2n) is 4.92. The summed E-state index contributed by atoms with van der Waals surface area (Å²) in [5.41, 5.74) is 7.03. The lowest BCUT2D eigenvalue weighted by atomic mass is 10.2. The minimum Gasteiger partial charge on any atom is -0.495 e. The van der Waals surface area contributed by atoms with Crippen LogP contribution in [0.2, 0.25) is 5.02 Å². The standard InChI is InChI=1S/C17H19ClN2O2S/c1-3-16(23-13-6-4-5-12(19)10-13)17(21)20-14-9-11(18)7-8-15(14)22-2/h4-10,16H,3,19H2,1-2H3,(H,20,21). The van der Waals surface area contributed by atoms with Crippen LogP contribution < -0.4 is 15.8 Å². The number of anilines is 2. The van der Waals surface area contributed by atoms with Gasteiger partial charge in [-0.2, -0.15) is 0 Å². The van der Waals surface area contributed by atoms with E-state index in [1.54, 1.807) is 25.3 Å². The third kappa shape index (κ3) is 4.81. The quantitative estimate of drug-likeness (QED) is 0.597. The number of rotatable bonds is 6. The Kier molecular flexibility index (Phi) is 6.19. The summed E-state index contributed by atoms with van der Waals surface area (Å²) in [7, 11) is 1.55. The summed E-state index contributed by atoms with van der Waals surface area (Å²) in [5, 5.41) is 3.19. The van der Waals surface area contributed by atoms with Crippen LogP contribution >= 0.6 is 23.4 Å². The Morgan fingerprint density at radius 3 is 2.78 bits per heavy atom. The predicted octanol–water partition coefficient (Wildman–Crippen LogP) is 4.44. The van der Waals surface area contributed by atoms with Gasteiger partial charge in [-0.25, -0.2) is 0 Å². The van der Waals surface area contributed by atoms with E-state index < -0.39 is 0 Å². The smallest absolute Gasteiger partial charge is 0.237 e. The Hall–Kier alpha value is -1.85. The van der Waals surface area contributed by atoms with Gasteiger partial charge in [0.15, 0.2) is 0 Å². The summed E-state index contributed by atoms with van der Waals surface area (Å²) in [6.07, 6.45) is 0.689. The zero-order valence-corrected chi connectivity index (χ0v) is 14.6. The molecule has 2 aromatic rings. The van der Waals surface area contributed by atoms with E-state index in [1.165, 1.54) is 11.8 Å². The number of hydrogen-bond donors (Lipinski definition) is 2. The molecule has 6 heteroatoms. The van der Waals surface area contributed by atoms with Crippen molar-refractivity contribution in [2.45, 2.75) is 23.5 Å². The molecule has 1 amide bonds. The van der Waals surface area contributed by atoms with Gasteiger partial charge in [0.2, 0.25) is 5.91 Å². The molecule has 23 heavy (non-hydrogen) atoms. The van der Waals surface area contributed by atoms with Gasteiger partial charge in [0.1, 0.15) is 5.75 Å². The third-order valence-electron chi connectivity index (χ3n) is 3.22. The molecule has 0 aliphatic heterocycles. The number of carbonyl (C=O) groups is 1. The molecular weight excluding hydrogens is 332 g/mol. The first-order valence-electron chi connectivity index (χ1n) is 7.20. The van der Waals surface area contributed by atoms with E-state index in [0.717, 1.165) is 4.90 Å². The number of ether oxygens (including phenoxy) is 1. The molecule has 0 radical (unpaired) electrons. The largest absolute Gasteiger partial charge is 0.495 e. The van der Waals surface area contributed by atoms with E-state index >= 15 is 0 Å². The molecule has 0 saturated heterocycles. The van der Waals surface area contributed by atoms with Gasteiger partial charge >= 0.3 is 0 Å². The summed E-state index contributed by atoms with van der Waals surface area (Å²) in [4.78, 5) is 13.5. The summed E-state index contributed by atoms with van der Waals surface area (Å²) in [6.45, 7) is 1.97. The van der Waals surface area contributed by atoms with Gasteiger partial charge in [0.25, 0.3) is 0 Å². The molecule has 0 aliphatic rings. The number of carbonyl (C=O) groups excluding carboxylic acids is 1. The van der Waals surface area contributed by atoms with Gasteiger partial charge in [0.05, 0.1) is 18.0 Å². The molecule has 0 saturated carbocycles. The Labute approximate surface area is 145 Å². The zero-order chi connectivity index (χ0) is 16.8. The third-order valence-corrected chi connectivity index (χ3v) is 4.81. The van der Waals surface area contributed by atoms with Crippen LogP contribution in [0.25, 0.3) is 0 Å². The maximum Gasteiger partial charge on any atom is 0.237 e. The average molecular weight is 351 g/mol. The first-order chi connectivity index (χ1) is 11.0. The van der Waals surface area contributed by atoms with Crippen molar-refractivity contribution in [2.24, 2.45) is 0 Å². The fourth-order valence-electron chi connectivity index (χ4n) is 2.07. The van der Waals surface area contributed by atoms with Gasteiger partial charge in [-0.3, -0.25) is 4.79 Å². The number of nitrogen functional groups attached to an aromatic ring is 1. The first-order valence-corrected chi connectivity index (χ1v) is 8.46. The number of amides is 1. The van der Waals surface area contributed by atoms with Gasteiger partial charge < -0.3 is 15.8 Å². The Morgan fingerprint density at radius 2 is 2.13 bits per heavy atom. The van der Waals surface area contributed by atoms with Crippen molar-refractivity contribution in [1.29, 1.82) is 0 Å². The molecule has 0 heterocycles. The van der Waals surface area contributed by atoms with Crippen molar-refractivity contribution in [1.82, 2.24) is 0 Å². The monoisotopic (exact) mass is 350 g/mol. The van der Waals surface area contributed by atoms with E-state index in [4.69, 9.17) is 22.1 Å². The van der Waals surface area contributed by atoms with Crippen LogP contribution in [0.15, 0.2) is 47.4 Å². The zero-order valence-electron chi connectivity index (χ0n) is 13.0. The maximum atomic E-state index is 12.6. The highest BCUT2D eigenvalue weighted by Gasteiger charge is 2.19. The molecule has 4 nitrogen and oxygen atoms in total. The molecule has 0 fully saturated rings. The van der Waals surface area contributed by atoms with Crippen LogP contribution in [-0.2, 0) is 4.79 Å². The molecule has 3 N–H and O–H groups in total. The topological polar surface area (TPSA) is 64.4 Å². The minimum atomic E-state index is -0.236. The van der Waals surface area contributed by atoms with Crippen LogP contribution in [0.4, 0.5) is 11.4 Å². The number of halogens is 1. The molecule has 122 valence electrons. The Balaban J connectivity index is 2.13. The number of thioether (sulfide) groups is 1. The SMILES string of the molecule is CCC(Sc1cccc(N)c1)C(=O)Nc1cc(Cl)ccc1OC. The molecule has 0 spiro atoms. The molecule has 1 atom stereocenters. The van der Waals surface area contributed by atoms with Gasteiger partial charge in [-0.1, -0.05) is 24.6 Å². The van der Waals surface area contributed by atoms with E-state index in [-0.39, 0.29) is 11.2 Å². The van der Waals surface area contributed by atoms with Crippen LogP contribution in [0, 0.1) is 0 Å². The molecule has 0 aromatic heterocycles. The summed E-state index contributed by atoms with van der Waals surface area (Å²) < 4.78 is 5.25. The Morgan fingerprint density at radius 1 is 1.35 bits per heavy atom. The lowest BCUT2D eigenvalue weighted by Gasteiger charge is -2.16. The van der Waals surface area contributed by atoms with E-state index in [1.807, 2.05) is 31.2 Å². The van der Waals surface area contributed by atoms with Gasteiger partial charge in [0, 0.05) is 15.6 Å². The van der Waals surface area contributed by atoms with E-state index in [2.05, 4.69) is 5.32 Å². The van der Waals surface area contributed by atoms with Crippen molar-refractivity contribution in [3.8, 4) is 5.75 Å². The number of hydrogen-bond acceptors (Lipinski definition) is 4. The van der Waals surface area contributed by atoms with Crippen molar-refractivity contribution < 1.29 is 9.53 Å². The Bertz CT molecular complexity index is 694. The maximum absolute atomic E-state index is 12.6. The molecule has 0 bridgehead atoms. The number of benzene rings is 2. The normalized spacial score (nSPS) is 11.8. The highest BCUT2D eigenvalue weighted by Crippen LogP contribution is 2.31. The second kappa shape index (κ2) is 8.13.